The number of hydrogen-bond donors (Lipinski definition) is 8. The van der Waals surface area contributed by atoms with E-state index in [1.165, 1.54) is 6.33 Å². The molecule has 2 amide bonds. The van der Waals surface area contributed by atoms with Crippen LogP contribution in [0.3, 0.4) is 0 Å². The number of anilines is 2. The number of aliphatic hydroxyl groups is 1. The molecule has 2 unspecified atom stereocenters. The van der Waals surface area contributed by atoms with Gasteiger partial charge in [-0.1, -0.05) is 6.92 Å². The molecule has 2 rings (SSSR count). The molecule has 0 spiro atoms. The Hall–Kier alpha value is -3.50. The fourth-order valence-electron chi connectivity index (χ4n) is 2.40. The Morgan fingerprint density at radius 3 is 2.44 bits per heavy atom. The van der Waals surface area contributed by atoms with Gasteiger partial charge in [-0.25, -0.2) is 4.98 Å². The summed E-state index contributed by atoms with van der Waals surface area (Å²) >= 11 is 4.03. The summed E-state index contributed by atoms with van der Waals surface area (Å²) in [6.07, 6.45) is 1.77. The largest absolute Gasteiger partial charge is 0.480 e. The molecule has 16 heteroatoms. The van der Waals surface area contributed by atoms with Gasteiger partial charge in [-0.3, -0.25) is 24.1 Å². The average Bonchev–Trinajstić information content (AvgIpc) is 3.28. The van der Waals surface area contributed by atoms with Gasteiger partial charge in [-0.2, -0.15) is 22.6 Å². The minimum absolute atomic E-state index is 0.0511. The predicted octanol–water partition coefficient (Wildman–Crippen LogP) is -1.65. The molecule has 2 heterocycles. The van der Waals surface area contributed by atoms with Crippen molar-refractivity contribution < 1.29 is 34.5 Å². The number of aliphatic hydroxyl groups excluding tert-OH is 1. The molecule has 188 valence electrons. The van der Waals surface area contributed by atoms with Crippen LogP contribution in [0.2, 0.25) is 0 Å². The third kappa shape index (κ3) is 8.45. The lowest BCUT2D eigenvalue weighted by atomic mass is 10.1. The number of fused-ring (bicyclic) bond motifs is 1. The summed E-state index contributed by atoms with van der Waals surface area (Å²) in [5.41, 5.74) is 11.6. The van der Waals surface area contributed by atoms with E-state index in [0.717, 1.165) is 11.3 Å². The smallest absolute Gasteiger partial charge is 0.323 e. The molecule has 0 aliphatic carbocycles. The Bertz CT molecular complexity index is 1000. The molecule has 2 aromatic rings. The van der Waals surface area contributed by atoms with Crippen LogP contribution in [0.4, 0.5) is 11.8 Å². The van der Waals surface area contributed by atoms with E-state index in [4.69, 9.17) is 21.7 Å². The van der Waals surface area contributed by atoms with Crippen molar-refractivity contribution >= 4 is 59.3 Å². The van der Waals surface area contributed by atoms with Gasteiger partial charge < -0.3 is 37.1 Å². The second-order valence-corrected chi connectivity index (χ2v) is 7.20. The monoisotopic (exact) mass is 500 g/mol. The summed E-state index contributed by atoms with van der Waals surface area (Å²) in [4.78, 5) is 62.3. The van der Waals surface area contributed by atoms with Crippen LogP contribution in [-0.2, 0) is 19.2 Å². The summed E-state index contributed by atoms with van der Waals surface area (Å²) in [5.74, 6) is -4.66. The SMILES string of the molecule is CCCO.Nc1nc(N(CC(=O)O)C(=O)C(CS)NC(=O)CCC(N)C(=O)O)nc2nc[nH]c12. The maximum absolute atomic E-state index is 12.9. The number of rotatable bonds is 11. The Balaban J connectivity index is 0.00000133. The molecule has 34 heavy (non-hydrogen) atoms. The van der Waals surface area contributed by atoms with Gasteiger partial charge in [0.05, 0.1) is 6.33 Å². The van der Waals surface area contributed by atoms with Gasteiger partial charge in [0, 0.05) is 18.8 Å². The molecule has 2 aromatic heterocycles. The minimum Gasteiger partial charge on any atom is -0.480 e. The number of carboxylic acid groups (broad SMARTS) is 2. The first-order valence-corrected chi connectivity index (χ1v) is 10.7. The van der Waals surface area contributed by atoms with Crippen molar-refractivity contribution in [3.05, 3.63) is 6.33 Å². The zero-order valence-electron chi connectivity index (χ0n) is 18.3. The third-order valence-electron chi connectivity index (χ3n) is 4.14. The number of amides is 2. The van der Waals surface area contributed by atoms with Crippen molar-refractivity contribution in [1.29, 1.82) is 0 Å². The van der Waals surface area contributed by atoms with Crippen molar-refractivity contribution in [2.24, 2.45) is 5.73 Å². The number of nitrogens with one attached hydrogen (secondary N) is 2. The molecular formula is C18H28N8O7S. The first-order chi connectivity index (χ1) is 16.0. The molecule has 0 aromatic carbocycles. The molecule has 0 saturated carbocycles. The average molecular weight is 501 g/mol. The number of carbonyl (C=O) groups is 4. The predicted molar refractivity (Wildman–Crippen MR) is 124 cm³/mol. The summed E-state index contributed by atoms with van der Waals surface area (Å²) < 4.78 is 0. The zero-order valence-corrected chi connectivity index (χ0v) is 19.2. The van der Waals surface area contributed by atoms with Gasteiger partial charge in [0.15, 0.2) is 11.5 Å². The number of aromatic nitrogens is 4. The number of nitrogens with two attached hydrogens (primary N) is 2. The quantitative estimate of drug-likeness (QED) is 0.162. The zero-order chi connectivity index (χ0) is 25.8. The van der Waals surface area contributed by atoms with E-state index < -0.39 is 42.4 Å². The Morgan fingerprint density at radius 1 is 1.26 bits per heavy atom. The molecule has 0 bridgehead atoms. The summed E-state index contributed by atoms with van der Waals surface area (Å²) in [6.45, 7) is 1.44. The highest BCUT2D eigenvalue weighted by Crippen LogP contribution is 2.19. The Kier molecular flexibility index (Phi) is 11.7. The fraction of sp³-hybridized carbons (Fsp3) is 0.500. The van der Waals surface area contributed by atoms with Gasteiger partial charge >= 0.3 is 11.9 Å². The minimum atomic E-state index is -1.36. The number of carbonyl (C=O) groups excluding carboxylic acids is 2. The van der Waals surface area contributed by atoms with Gasteiger partial charge in [0.25, 0.3) is 5.91 Å². The normalized spacial score (nSPS) is 12.2. The number of H-pyrrole nitrogens is 1. The van der Waals surface area contributed by atoms with E-state index in [2.05, 4.69) is 37.9 Å². The number of imidazole rings is 1. The number of aliphatic carboxylic acids is 2. The van der Waals surface area contributed by atoms with Crippen LogP contribution in [0, 0.1) is 0 Å². The van der Waals surface area contributed by atoms with Crippen LogP contribution in [0.15, 0.2) is 6.33 Å². The highest BCUT2D eigenvalue weighted by Gasteiger charge is 2.30. The van der Waals surface area contributed by atoms with Crippen LogP contribution < -0.4 is 21.7 Å². The van der Waals surface area contributed by atoms with E-state index in [-0.39, 0.29) is 36.0 Å². The van der Waals surface area contributed by atoms with Crippen molar-refractivity contribution in [2.45, 2.75) is 38.3 Å². The van der Waals surface area contributed by atoms with Gasteiger partial charge in [0.1, 0.15) is 24.1 Å². The van der Waals surface area contributed by atoms with Crippen molar-refractivity contribution in [3.8, 4) is 0 Å². The van der Waals surface area contributed by atoms with Crippen LogP contribution >= 0.6 is 12.6 Å². The summed E-state index contributed by atoms with van der Waals surface area (Å²) in [6, 6.07) is -2.47. The van der Waals surface area contributed by atoms with E-state index in [9.17, 15) is 24.3 Å². The molecule has 9 N–H and O–H groups in total. The van der Waals surface area contributed by atoms with Crippen LogP contribution in [0.1, 0.15) is 26.2 Å². The maximum Gasteiger partial charge on any atom is 0.323 e. The number of nitrogen functional groups attached to an aromatic ring is 1. The molecule has 0 saturated heterocycles. The van der Waals surface area contributed by atoms with Gasteiger partial charge in [-0.15, -0.1) is 0 Å². The molecule has 2 atom stereocenters. The highest BCUT2D eigenvalue weighted by molar-refractivity contribution is 7.80. The molecule has 0 aliphatic rings. The summed E-state index contributed by atoms with van der Waals surface area (Å²) in [5, 5.41) is 28.2. The van der Waals surface area contributed by atoms with E-state index in [1.54, 1.807) is 0 Å². The van der Waals surface area contributed by atoms with Crippen LogP contribution in [-0.4, -0.2) is 90.0 Å². The number of aromatic amines is 1. The first kappa shape index (κ1) is 28.5. The topological polar surface area (TPSA) is 251 Å². The fourth-order valence-corrected chi connectivity index (χ4v) is 2.64. The van der Waals surface area contributed by atoms with Crippen molar-refractivity contribution in [3.63, 3.8) is 0 Å². The number of carboxylic acids is 2. The van der Waals surface area contributed by atoms with E-state index in [1.807, 2.05) is 6.92 Å². The highest BCUT2D eigenvalue weighted by atomic mass is 32.1. The molecule has 0 radical (unpaired) electrons. The number of thiol groups is 1. The first-order valence-electron chi connectivity index (χ1n) is 10.0. The second kappa shape index (κ2) is 13.9. The second-order valence-electron chi connectivity index (χ2n) is 6.84. The lowest BCUT2D eigenvalue weighted by Gasteiger charge is -2.24. The Labute approximate surface area is 199 Å². The number of hydrogen-bond acceptors (Lipinski definition) is 11. The molecule has 0 aliphatic heterocycles. The third-order valence-corrected chi connectivity index (χ3v) is 4.51. The van der Waals surface area contributed by atoms with Gasteiger partial charge in [-0.05, 0) is 12.8 Å². The van der Waals surface area contributed by atoms with Gasteiger partial charge in [0.2, 0.25) is 11.9 Å². The molecule has 15 nitrogen and oxygen atoms in total. The maximum atomic E-state index is 12.9. The lowest BCUT2D eigenvalue weighted by molar-refractivity contribution is -0.139. The van der Waals surface area contributed by atoms with Crippen LogP contribution in [0.25, 0.3) is 11.2 Å². The standard InChI is InChI=1S/C15H20N8O6S.C3H8O/c16-6(14(28)29)1-2-8(24)20-7(4-30)13(27)23(3-9(25)26)15-21-11(17)10-12(22-15)19-5-18-10;1-2-3-4/h5-7,30H,1-4,16H2,(H,20,24)(H,25,26)(H,28,29)(H3,17,18,19,21,22);4H,2-3H2,1H3. The number of nitrogens with zero attached hydrogens (tertiary/aromatic N) is 4. The van der Waals surface area contributed by atoms with E-state index in [0.29, 0.717) is 12.1 Å². The van der Waals surface area contributed by atoms with Crippen molar-refractivity contribution in [1.82, 2.24) is 25.3 Å². The van der Waals surface area contributed by atoms with Crippen molar-refractivity contribution in [2.75, 3.05) is 29.5 Å². The Morgan fingerprint density at radius 2 is 1.91 bits per heavy atom. The van der Waals surface area contributed by atoms with Crippen LogP contribution in [0.5, 0.6) is 0 Å². The molecular weight excluding hydrogens is 472 g/mol. The molecule has 0 fully saturated rings. The summed E-state index contributed by atoms with van der Waals surface area (Å²) in [7, 11) is 0. The van der Waals surface area contributed by atoms with E-state index >= 15 is 0 Å². The lowest BCUT2D eigenvalue weighted by Crippen LogP contribution is -2.51.